The lowest BCUT2D eigenvalue weighted by molar-refractivity contribution is -0.134. The molecule has 3 rings (SSSR count). The van der Waals surface area contributed by atoms with Crippen LogP contribution in [0, 0.1) is 17.2 Å². The average Bonchev–Trinajstić information content (AvgIpc) is 3.04. The molecule has 1 N–H and O–H groups in total. The topological polar surface area (TPSA) is 91.0 Å². The summed E-state index contributed by atoms with van der Waals surface area (Å²) in [5.74, 6) is 0.290. The number of rotatable bonds is 5. The summed E-state index contributed by atoms with van der Waals surface area (Å²) >= 11 is 0. The Morgan fingerprint density at radius 1 is 1.37 bits per heavy atom. The van der Waals surface area contributed by atoms with Gasteiger partial charge in [0.15, 0.2) is 0 Å². The van der Waals surface area contributed by atoms with Crippen molar-refractivity contribution in [3.05, 3.63) is 23.8 Å². The summed E-state index contributed by atoms with van der Waals surface area (Å²) in [5, 5.41) is 12.0. The zero-order chi connectivity index (χ0) is 19.4. The first-order chi connectivity index (χ1) is 13.1. The maximum Gasteiger partial charge on any atom is 0.231 e. The number of imidazole rings is 1. The van der Waals surface area contributed by atoms with Gasteiger partial charge < -0.3 is 9.47 Å². The second-order valence-electron chi connectivity index (χ2n) is 6.91. The lowest BCUT2D eigenvalue weighted by Gasteiger charge is -2.32. The zero-order valence-corrected chi connectivity index (χ0v) is 15.9. The van der Waals surface area contributed by atoms with Crippen LogP contribution in [0.5, 0.6) is 0 Å². The van der Waals surface area contributed by atoms with E-state index in [1.807, 2.05) is 24.5 Å². The number of carbonyl (C=O) groups is 2. The highest BCUT2D eigenvalue weighted by Crippen LogP contribution is 2.23. The number of anilines is 1. The molecule has 0 unspecified atom stereocenters. The first-order valence-corrected chi connectivity index (χ1v) is 9.56. The van der Waals surface area contributed by atoms with Crippen molar-refractivity contribution in [1.82, 2.24) is 14.5 Å². The Morgan fingerprint density at radius 3 is 2.89 bits per heavy atom. The fourth-order valence-corrected chi connectivity index (χ4v) is 3.62. The maximum atomic E-state index is 12.8. The summed E-state index contributed by atoms with van der Waals surface area (Å²) in [6.07, 6.45) is 2.95. The number of aryl methyl sites for hydroxylation is 1. The molecule has 1 aliphatic rings. The van der Waals surface area contributed by atoms with Crippen molar-refractivity contribution in [2.24, 2.45) is 5.92 Å². The van der Waals surface area contributed by atoms with Gasteiger partial charge in [0.05, 0.1) is 28.6 Å². The smallest absolute Gasteiger partial charge is 0.231 e. The van der Waals surface area contributed by atoms with Crippen LogP contribution in [-0.2, 0) is 16.1 Å². The van der Waals surface area contributed by atoms with E-state index in [0.717, 1.165) is 31.3 Å². The molecule has 1 fully saturated rings. The SMILES string of the molecule is CCCC(=O)N1CCC[C@@H](C(=O)Nc2nc3cc(C#N)ccc3n2CC)C1. The number of nitrogens with zero attached hydrogens (tertiary/aromatic N) is 4. The Labute approximate surface area is 159 Å². The molecule has 0 aliphatic carbocycles. The molecule has 0 saturated carbocycles. The lowest BCUT2D eigenvalue weighted by atomic mass is 9.97. The van der Waals surface area contributed by atoms with E-state index >= 15 is 0 Å². The minimum absolute atomic E-state index is 0.102. The number of amides is 2. The Hall–Kier alpha value is -2.88. The number of likely N-dealkylation sites (tertiary alicyclic amines) is 1. The van der Waals surface area contributed by atoms with Crippen LogP contribution in [0.2, 0.25) is 0 Å². The fourth-order valence-electron chi connectivity index (χ4n) is 3.62. The summed E-state index contributed by atoms with van der Waals surface area (Å²) in [4.78, 5) is 31.3. The van der Waals surface area contributed by atoms with E-state index in [1.54, 1.807) is 17.0 Å². The molecule has 0 spiro atoms. The summed E-state index contributed by atoms with van der Waals surface area (Å²) in [5.41, 5.74) is 2.11. The third kappa shape index (κ3) is 3.95. The van der Waals surface area contributed by atoms with E-state index in [9.17, 15) is 9.59 Å². The number of nitriles is 1. The minimum atomic E-state index is -0.223. The van der Waals surface area contributed by atoms with E-state index in [2.05, 4.69) is 16.4 Å². The Kier molecular flexibility index (Phi) is 5.75. The monoisotopic (exact) mass is 367 g/mol. The van der Waals surface area contributed by atoms with Crippen LogP contribution in [0.15, 0.2) is 18.2 Å². The van der Waals surface area contributed by atoms with Crippen molar-refractivity contribution in [1.29, 1.82) is 5.26 Å². The van der Waals surface area contributed by atoms with Gasteiger partial charge in [-0.3, -0.25) is 14.9 Å². The predicted molar refractivity (Wildman–Crippen MR) is 103 cm³/mol. The molecule has 27 heavy (non-hydrogen) atoms. The number of carbonyl (C=O) groups excluding carboxylic acids is 2. The van der Waals surface area contributed by atoms with Crippen molar-refractivity contribution in [3.63, 3.8) is 0 Å². The minimum Gasteiger partial charge on any atom is -0.342 e. The number of hydrogen-bond acceptors (Lipinski definition) is 4. The predicted octanol–water partition coefficient (Wildman–Crippen LogP) is 2.91. The van der Waals surface area contributed by atoms with Gasteiger partial charge in [-0.05, 0) is 44.4 Å². The number of piperidine rings is 1. The van der Waals surface area contributed by atoms with E-state index in [4.69, 9.17) is 5.26 Å². The highest BCUT2D eigenvalue weighted by Gasteiger charge is 2.29. The first kappa shape index (κ1) is 18.9. The molecule has 1 aromatic carbocycles. The number of benzene rings is 1. The standard InChI is InChI=1S/C20H25N5O2/c1-3-6-18(26)24-10-5-7-15(13-24)19(27)23-20-22-16-11-14(12-21)8-9-17(16)25(20)4-2/h8-9,11,15H,3-7,10,13H2,1-2H3,(H,22,23,27)/t15-/m1/s1. The Morgan fingerprint density at radius 2 is 2.19 bits per heavy atom. The van der Waals surface area contributed by atoms with Crippen LogP contribution < -0.4 is 5.32 Å². The summed E-state index contributed by atoms with van der Waals surface area (Å²) in [6.45, 7) is 5.83. The van der Waals surface area contributed by atoms with Gasteiger partial charge in [0.2, 0.25) is 17.8 Å². The normalized spacial score (nSPS) is 16.9. The van der Waals surface area contributed by atoms with Gasteiger partial charge in [0.25, 0.3) is 0 Å². The first-order valence-electron chi connectivity index (χ1n) is 9.56. The molecule has 7 heteroatoms. The highest BCUT2D eigenvalue weighted by molar-refractivity contribution is 5.93. The van der Waals surface area contributed by atoms with Crippen molar-refractivity contribution in [2.45, 2.75) is 46.1 Å². The van der Waals surface area contributed by atoms with E-state index in [0.29, 0.717) is 36.5 Å². The van der Waals surface area contributed by atoms with E-state index in [1.165, 1.54) is 0 Å². The average molecular weight is 367 g/mol. The van der Waals surface area contributed by atoms with Crippen LogP contribution >= 0.6 is 0 Å². The van der Waals surface area contributed by atoms with Gasteiger partial charge in [-0.25, -0.2) is 4.98 Å². The summed E-state index contributed by atoms with van der Waals surface area (Å²) in [7, 11) is 0. The molecular weight excluding hydrogens is 342 g/mol. The van der Waals surface area contributed by atoms with Crippen LogP contribution in [0.3, 0.4) is 0 Å². The van der Waals surface area contributed by atoms with Crippen LogP contribution in [0.25, 0.3) is 11.0 Å². The van der Waals surface area contributed by atoms with Crippen molar-refractivity contribution in [2.75, 3.05) is 18.4 Å². The number of fused-ring (bicyclic) bond motifs is 1. The molecule has 0 bridgehead atoms. The van der Waals surface area contributed by atoms with E-state index < -0.39 is 0 Å². The third-order valence-corrected chi connectivity index (χ3v) is 5.04. The van der Waals surface area contributed by atoms with Gasteiger partial charge in [-0.15, -0.1) is 0 Å². The second-order valence-corrected chi connectivity index (χ2v) is 6.91. The van der Waals surface area contributed by atoms with Gasteiger partial charge in [-0.1, -0.05) is 6.92 Å². The molecular formula is C20H25N5O2. The zero-order valence-electron chi connectivity index (χ0n) is 15.9. The largest absolute Gasteiger partial charge is 0.342 e. The van der Waals surface area contributed by atoms with Crippen molar-refractivity contribution in [3.8, 4) is 6.07 Å². The molecule has 1 aliphatic heterocycles. The Balaban J connectivity index is 1.77. The molecule has 2 heterocycles. The molecule has 2 amide bonds. The van der Waals surface area contributed by atoms with Gasteiger partial charge in [-0.2, -0.15) is 5.26 Å². The molecule has 0 radical (unpaired) electrons. The molecule has 2 aromatic rings. The summed E-state index contributed by atoms with van der Waals surface area (Å²) < 4.78 is 1.93. The maximum absolute atomic E-state index is 12.8. The molecule has 7 nitrogen and oxygen atoms in total. The van der Waals surface area contributed by atoms with E-state index in [-0.39, 0.29) is 17.7 Å². The van der Waals surface area contributed by atoms with Crippen LogP contribution in [0.1, 0.15) is 45.1 Å². The van der Waals surface area contributed by atoms with Crippen molar-refractivity contribution < 1.29 is 9.59 Å². The van der Waals surface area contributed by atoms with Crippen molar-refractivity contribution >= 4 is 28.8 Å². The third-order valence-electron chi connectivity index (χ3n) is 5.04. The van der Waals surface area contributed by atoms with Gasteiger partial charge in [0, 0.05) is 26.1 Å². The summed E-state index contributed by atoms with van der Waals surface area (Å²) in [6, 6.07) is 7.44. The fraction of sp³-hybridized carbons (Fsp3) is 0.500. The van der Waals surface area contributed by atoms with Crippen LogP contribution in [-0.4, -0.2) is 39.4 Å². The van der Waals surface area contributed by atoms with Crippen LogP contribution in [0.4, 0.5) is 5.95 Å². The molecule has 1 saturated heterocycles. The quantitative estimate of drug-likeness (QED) is 0.880. The number of nitrogens with one attached hydrogen (secondary N) is 1. The number of aromatic nitrogens is 2. The molecule has 1 atom stereocenters. The lowest BCUT2D eigenvalue weighted by Crippen LogP contribution is -2.43. The number of hydrogen-bond donors (Lipinski definition) is 1. The Bertz CT molecular complexity index is 896. The highest BCUT2D eigenvalue weighted by atomic mass is 16.2. The second kappa shape index (κ2) is 8.21. The molecule has 1 aromatic heterocycles. The van der Waals surface area contributed by atoms with Gasteiger partial charge >= 0.3 is 0 Å². The van der Waals surface area contributed by atoms with Gasteiger partial charge in [0.1, 0.15) is 0 Å². The molecule has 142 valence electrons.